The number of ether oxygens (including phenoxy) is 1. The first-order valence-electron chi connectivity index (χ1n) is 5.43. The summed E-state index contributed by atoms with van der Waals surface area (Å²) in [4.78, 5) is 16.5. The second kappa shape index (κ2) is 6.77. The van der Waals surface area contributed by atoms with E-state index in [2.05, 4.69) is 4.98 Å². The molecule has 100 valence electrons. The first kappa shape index (κ1) is 14.2. The number of carbonyl (C=O) groups is 1. The summed E-state index contributed by atoms with van der Waals surface area (Å²) in [6, 6.07) is 1.35. The maximum Gasteiger partial charge on any atom is 0.337 e. The van der Waals surface area contributed by atoms with Gasteiger partial charge in [-0.05, 0) is 6.07 Å². The second-order valence-corrected chi connectivity index (χ2v) is 3.65. The molecule has 0 atom stereocenters. The smallest absolute Gasteiger partial charge is 0.337 e. The molecule has 0 unspecified atom stereocenters. The summed E-state index contributed by atoms with van der Waals surface area (Å²) in [5, 5.41) is 17.8. The molecule has 1 rings (SSSR count). The Labute approximate surface area is 105 Å². The summed E-state index contributed by atoms with van der Waals surface area (Å²) < 4.78 is 4.96. The number of hydrogen-bond donors (Lipinski definition) is 3. The van der Waals surface area contributed by atoms with E-state index in [-0.39, 0.29) is 17.9 Å². The van der Waals surface area contributed by atoms with E-state index >= 15 is 0 Å². The number of hydrogen-bond acceptors (Lipinski definition) is 6. The van der Waals surface area contributed by atoms with Gasteiger partial charge in [-0.1, -0.05) is 0 Å². The molecule has 0 aliphatic heterocycles. The molecule has 0 spiro atoms. The molecule has 0 aliphatic carbocycles. The highest BCUT2D eigenvalue weighted by Gasteiger charge is 2.13. The second-order valence-electron chi connectivity index (χ2n) is 3.65. The van der Waals surface area contributed by atoms with Gasteiger partial charge >= 0.3 is 5.97 Å². The Hall–Kier alpha value is -1.86. The normalized spacial score (nSPS) is 10.3. The third kappa shape index (κ3) is 3.57. The first-order chi connectivity index (χ1) is 8.60. The van der Waals surface area contributed by atoms with E-state index in [1.165, 1.54) is 12.3 Å². The number of anilines is 2. The van der Waals surface area contributed by atoms with Gasteiger partial charge in [-0.15, -0.1) is 0 Å². The predicted octanol–water partition coefficient (Wildman–Crippen LogP) is -0.193. The van der Waals surface area contributed by atoms with E-state index in [4.69, 9.17) is 20.7 Å². The highest BCUT2D eigenvalue weighted by molar-refractivity contribution is 5.89. The molecule has 7 heteroatoms. The van der Waals surface area contributed by atoms with Gasteiger partial charge in [-0.3, -0.25) is 0 Å². The number of carboxylic acid groups (broad SMARTS) is 1. The Morgan fingerprint density at radius 3 is 2.78 bits per heavy atom. The van der Waals surface area contributed by atoms with E-state index in [1.807, 2.05) is 0 Å². The molecule has 1 heterocycles. The lowest BCUT2D eigenvalue weighted by molar-refractivity contribution is 0.0696. The molecule has 18 heavy (non-hydrogen) atoms. The first-order valence-corrected chi connectivity index (χ1v) is 5.43. The molecule has 0 radical (unpaired) electrons. The fourth-order valence-electron chi connectivity index (χ4n) is 1.50. The molecular formula is C11H17N3O4. The Kier molecular flexibility index (Phi) is 5.34. The van der Waals surface area contributed by atoms with Gasteiger partial charge in [0.15, 0.2) is 5.82 Å². The van der Waals surface area contributed by atoms with Crippen molar-refractivity contribution in [2.45, 2.75) is 0 Å². The van der Waals surface area contributed by atoms with Gasteiger partial charge in [0.25, 0.3) is 0 Å². The SMILES string of the molecule is COCCN(CCO)c1ncc(C(=O)O)cc1N. The predicted molar refractivity (Wildman–Crippen MR) is 66.8 cm³/mol. The zero-order valence-corrected chi connectivity index (χ0v) is 10.2. The van der Waals surface area contributed by atoms with Crippen LogP contribution in [0, 0.1) is 0 Å². The molecule has 7 nitrogen and oxygen atoms in total. The molecule has 0 aromatic carbocycles. The number of aliphatic hydroxyl groups is 1. The van der Waals surface area contributed by atoms with Crippen LogP contribution in [-0.4, -0.2) is 54.6 Å². The lowest BCUT2D eigenvalue weighted by Crippen LogP contribution is -2.31. The van der Waals surface area contributed by atoms with Gasteiger partial charge < -0.3 is 25.6 Å². The van der Waals surface area contributed by atoms with Crippen LogP contribution in [0.2, 0.25) is 0 Å². The summed E-state index contributed by atoms with van der Waals surface area (Å²) in [6.45, 7) is 1.28. The molecule has 0 aliphatic rings. The van der Waals surface area contributed by atoms with Gasteiger partial charge in [-0.2, -0.15) is 0 Å². The highest BCUT2D eigenvalue weighted by atomic mass is 16.5. The third-order valence-electron chi connectivity index (χ3n) is 2.38. The molecule has 0 amide bonds. The van der Waals surface area contributed by atoms with Crippen molar-refractivity contribution in [3.63, 3.8) is 0 Å². The highest BCUT2D eigenvalue weighted by Crippen LogP contribution is 2.20. The van der Waals surface area contributed by atoms with Gasteiger partial charge in [-0.25, -0.2) is 9.78 Å². The minimum Gasteiger partial charge on any atom is -0.478 e. The van der Waals surface area contributed by atoms with Crippen LogP contribution in [0.15, 0.2) is 12.3 Å². The van der Waals surface area contributed by atoms with E-state index in [9.17, 15) is 4.79 Å². The van der Waals surface area contributed by atoms with Crippen molar-refractivity contribution in [2.75, 3.05) is 44.0 Å². The van der Waals surface area contributed by atoms with Crippen molar-refractivity contribution in [3.05, 3.63) is 17.8 Å². The Morgan fingerprint density at radius 2 is 2.28 bits per heavy atom. The van der Waals surface area contributed by atoms with Crippen LogP contribution in [0.3, 0.4) is 0 Å². The number of rotatable bonds is 7. The largest absolute Gasteiger partial charge is 0.478 e. The average molecular weight is 255 g/mol. The summed E-state index contributed by atoms with van der Waals surface area (Å²) >= 11 is 0. The number of nitrogen functional groups attached to an aromatic ring is 1. The van der Waals surface area contributed by atoms with Gasteiger partial charge in [0, 0.05) is 26.4 Å². The number of aromatic carboxylic acids is 1. The van der Waals surface area contributed by atoms with Crippen LogP contribution in [0.4, 0.5) is 11.5 Å². The van der Waals surface area contributed by atoms with Crippen LogP contribution in [0.5, 0.6) is 0 Å². The molecule has 0 bridgehead atoms. The van der Waals surface area contributed by atoms with Crippen molar-refractivity contribution in [2.24, 2.45) is 0 Å². The van der Waals surface area contributed by atoms with Crippen LogP contribution in [0.1, 0.15) is 10.4 Å². The van der Waals surface area contributed by atoms with Crippen molar-refractivity contribution in [1.29, 1.82) is 0 Å². The quantitative estimate of drug-likeness (QED) is 0.619. The molecule has 0 saturated carbocycles. The van der Waals surface area contributed by atoms with Crippen LogP contribution in [0.25, 0.3) is 0 Å². The lowest BCUT2D eigenvalue weighted by atomic mass is 10.2. The number of nitrogens with two attached hydrogens (primary N) is 1. The summed E-state index contributed by atoms with van der Waals surface area (Å²) in [5.74, 6) is -0.627. The number of methoxy groups -OCH3 is 1. The minimum absolute atomic E-state index is 0.0342. The summed E-state index contributed by atoms with van der Waals surface area (Å²) in [7, 11) is 1.57. The molecule has 0 saturated heterocycles. The maximum atomic E-state index is 10.8. The van der Waals surface area contributed by atoms with E-state index in [0.717, 1.165) is 0 Å². The molecule has 0 fully saturated rings. The Morgan fingerprint density at radius 1 is 1.56 bits per heavy atom. The maximum absolute atomic E-state index is 10.8. The van der Waals surface area contributed by atoms with Gasteiger partial charge in [0.2, 0.25) is 0 Å². The third-order valence-corrected chi connectivity index (χ3v) is 2.38. The van der Waals surface area contributed by atoms with E-state index in [0.29, 0.717) is 25.5 Å². The van der Waals surface area contributed by atoms with E-state index in [1.54, 1.807) is 12.0 Å². The standard InChI is InChI=1S/C11H17N3O4/c1-18-5-3-14(2-4-15)10-9(12)6-8(7-13-10)11(16)17/h6-7,15H,2-5,12H2,1H3,(H,16,17). The fraction of sp³-hybridized carbons (Fsp3) is 0.455. The summed E-state index contributed by atoms with van der Waals surface area (Å²) in [5.41, 5.74) is 6.07. The topological polar surface area (TPSA) is 109 Å². The molecule has 1 aromatic heterocycles. The van der Waals surface area contributed by atoms with Crippen molar-refractivity contribution in [3.8, 4) is 0 Å². The van der Waals surface area contributed by atoms with E-state index < -0.39 is 5.97 Å². The molecule has 1 aromatic rings. The van der Waals surface area contributed by atoms with Crippen molar-refractivity contribution < 1.29 is 19.7 Å². The van der Waals surface area contributed by atoms with Crippen LogP contribution in [-0.2, 0) is 4.74 Å². The number of nitrogens with zero attached hydrogens (tertiary/aromatic N) is 2. The Balaban J connectivity index is 2.93. The summed E-state index contributed by atoms with van der Waals surface area (Å²) in [6.07, 6.45) is 1.24. The fourth-order valence-corrected chi connectivity index (χ4v) is 1.50. The zero-order chi connectivity index (χ0) is 13.5. The number of pyridine rings is 1. The zero-order valence-electron chi connectivity index (χ0n) is 10.2. The average Bonchev–Trinajstić information content (AvgIpc) is 2.34. The molecule has 4 N–H and O–H groups in total. The number of aromatic nitrogens is 1. The number of carboxylic acids is 1. The van der Waals surface area contributed by atoms with Gasteiger partial charge in [0.1, 0.15) is 0 Å². The Bertz CT molecular complexity index is 411. The van der Waals surface area contributed by atoms with Crippen LogP contribution >= 0.6 is 0 Å². The van der Waals surface area contributed by atoms with Crippen molar-refractivity contribution in [1.82, 2.24) is 4.98 Å². The lowest BCUT2D eigenvalue weighted by Gasteiger charge is -2.23. The van der Waals surface area contributed by atoms with Crippen molar-refractivity contribution >= 4 is 17.5 Å². The molecular weight excluding hydrogens is 238 g/mol. The van der Waals surface area contributed by atoms with Crippen LogP contribution < -0.4 is 10.6 Å². The number of aliphatic hydroxyl groups excluding tert-OH is 1. The monoisotopic (exact) mass is 255 g/mol. The minimum atomic E-state index is -1.08. The van der Waals surface area contributed by atoms with Gasteiger partial charge in [0.05, 0.1) is 24.5 Å².